The molecule has 0 saturated carbocycles. The lowest BCUT2D eigenvalue weighted by Gasteiger charge is -2.07. The van der Waals surface area contributed by atoms with Crippen LogP contribution in [-0.2, 0) is 11.2 Å². The number of hydrazone groups is 1. The van der Waals surface area contributed by atoms with Gasteiger partial charge in [-0.15, -0.1) is 0 Å². The Labute approximate surface area is 184 Å². The molecule has 0 atom stereocenters. The van der Waals surface area contributed by atoms with Crippen LogP contribution < -0.4 is 5.43 Å². The lowest BCUT2D eigenvalue weighted by atomic mass is 10.0. The van der Waals surface area contributed by atoms with Gasteiger partial charge in [0.25, 0.3) is 0 Å². The average molecular weight is 512 g/mol. The number of amides is 1. The van der Waals surface area contributed by atoms with E-state index in [2.05, 4.69) is 42.4 Å². The molecule has 0 fully saturated rings. The number of halogens is 2. The maximum Gasteiger partial charge on any atom is 0.244 e. The summed E-state index contributed by atoms with van der Waals surface area (Å²) in [6.45, 7) is 0. The van der Waals surface area contributed by atoms with Crippen molar-refractivity contribution in [3.05, 3.63) is 93.1 Å². The summed E-state index contributed by atoms with van der Waals surface area (Å²) >= 11 is 6.97. The molecule has 1 amide bonds. The molecule has 29 heavy (non-hydrogen) atoms. The Hall–Kier alpha value is -2.70. The number of carbonyl (C=O) groups excluding carboxylic acids is 1. The van der Waals surface area contributed by atoms with E-state index in [-0.39, 0.29) is 12.3 Å². The number of rotatable bonds is 5. The first-order chi connectivity index (χ1) is 14.1. The second-order valence-electron chi connectivity index (χ2n) is 6.43. The second kappa shape index (κ2) is 8.76. The molecule has 0 aliphatic heterocycles. The smallest absolute Gasteiger partial charge is 0.244 e. The van der Waals surface area contributed by atoms with Crippen LogP contribution in [0.2, 0.25) is 0 Å². The molecule has 0 radical (unpaired) electrons. The molecule has 4 rings (SSSR count). The highest BCUT2D eigenvalue weighted by atomic mass is 79.9. The molecule has 0 bridgehead atoms. The number of nitrogens with one attached hydrogen (secondary N) is 1. The minimum atomic E-state index is -0.187. The minimum absolute atomic E-state index is 0.187. The van der Waals surface area contributed by atoms with Gasteiger partial charge in [-0.1, -0.05) is 74.3 Å². The van der Waals surface area contributed by atoms with E-state index in [4.69, 9.17) is 4.42 Å². The molecule has 1 heterocycles. The Morgan fingerprint density at radius 2 is 1.69 bits per heavy atom. The van der Waals surface area contributed by atoms with Crippen molar-refractivity contribution in [3.8, 4) is 11.3 Å². The van der Waals surface area contributed by atoms with Crippen molar-refractivity contribution in [2.24, 2.45) is 5.10 Å². The topological polar surface area (TPSA) is 54.6 Å². The summed E-state index contributed by atoms with van der Waals surface area (Å²) in [7, 11) is 0. The number of fused-ring (bicyclic) bond motifs is 1. The minimum Gasteiger partial charge on any atom is -0.455 e. The fraction of sp³-hybridized carbons (Fsp3) is 0.0435. The van der Waals surface area contributed by atoms with Gasteiger partial charge in [0.2, 0.25) is 5.91 Å². The second-order valence-corrected chi connectivity index (χ2v) is 8.20. The van der Waals surface area contributed by atoms with Crippen molar-refractivity contribution < 1.29 is 9.21 Å². The molecule has 1 N–H and O–H groups in total. The third-order valence-corrected chi connectivity index (χ3v) is 5.67. The third-order valence-electron chi connectivity index (χ3n) is 4.45. The van der Waals surface area contributed by atoms with Gasteiger partial charge in [-0.3, -0.25) is 4.79 Å². The summed E-state index contributed by atoms with van der Waals surface area (Å²) in [5.41, 5.74) is 4.49. The van der Waals surface area contributed by atoms with Gasteiger partial charge in [0.1, 0.15) is 11.5 Å². The van der Waals surface area contributed by atoms with Crippen LogP contribution in [0, 0.1) is 0 Å². The molecule has 3 aromatic carbocycles. The first-order valence-corrected chi connectivity index (χ1v) is 10.5. The van der Waals surface area contributed by atoms with Gasteiger partial charge in [-0.05, 0) is 46.7 Å². The molecule has 144 valence electrons. The number of carbonyl (C=O) groups is 1. The molecule has 6 heteroatoms. The van der Waals surface area contributed by atoms with Gasteiger partial charge in [0.15, 0.2) is 0 Å². The molecule has 0 aliphatic carbocycles. The maximum absolute atomic E-state index is 12.3. The van der Waals surface area contributed by atoms with Crippen LogP contribution in [0.15, 0.2) is 91.3 Å². The average Bonchev–Trinajstić information content (AvgIpc) is 3.20. The molecular formula is C23H16Br2N2O2. The van der Waals surface area contributed by atoms with E-state index in [9.17, 15) is 4.79 Å². The summed E-state index contributed by atoms with van der Waals surface area (Å²) in [4.78, 5) is 12.3. The van der Waals surface area contributed by atoms with Crippen molar-refractivity contribution in [3.63, 3.8) is 0 Å². The van der Waals surface area contributed by atoms with Crippen LogP contribution in [0.1, 0.15) is 11.3 Å². The van der Waals surface area contributed by atoms with Crippen LogP contribution in [0.25, 0.3) is 22.1 Å². The van der Waals surface area contributed by atoms with Gasteiger partial charge in [-0.25, -0.2) is 5.43 Å². The SMILES string of the molecule is O=C(Cc1ccc(Br)c2ccccc12)N/N=C\c1ccc(-c2ccc(Br)cc2)o1. The molecule has 0 unspecified atom stereocenters. The monoisotopic (exact) mass is 510 g/mol. The first-order valence-electron chi connectivity index (χ1n) is 8.94. The molecule has 0 saturated heterocycles. The van der Waals surface area contributed by atoms with E-state index in [1.807, 2.05) is 72.8 Å². The summed E-state index contributed by atoms with van der Waals surface area (Å²) in [5.74, 6) is 1.12. The van der Waals surface area contributed by atoms with Gasteiger partial charge in [0.05, 0.1) is 12.6 Å². The van der Waals surface area contributed by atoms with Crippen LogP contribution in [-0.4, -0.2) is 12.1 Å². The van der Waals surface area contributed by atoms with E-state index >= 15 is 0 Å². The molecule has 0 spiro atoms. The quantitative estimate of drug-likeness (QED) is 0.252. The van der Waals surface area contributed by atoms with Crippen molar-refractivity contribution in [1.82, 2.24) is 5.43 Å². The molecule has 4 nitrogen and oxygen atoms in total. The summed E-state index contributed by atoms with van der Waals surface area (Å²) in [5, 5.41) is 6.15. The number of nitrogens with zero attached hydrogens (tertiary/aromatic N) is 1. The van der Waals surface area contributed by atoms with Gasteiger partial charge >= 0.3 is 0 Å². The predicted octanol–water partition coefficient (Wildman–Crippen LogP) is 6.32. The molecule has 4 aromatic rings. The summed E-state index contributed by atoms with van der Waals surface area (Å²) in [6, 6.07) is 23.4. The molecule has 0 aliphatic rings. The zero-order valence-electron chi connectivity index (χ0n) is 15.2. The number of furan rings is 1. The van der Waals surface area contributed by atoms with E-state index in [0.29, 0.717) is 5.76 Å². The van der Waals surface area contributed by atoms with Gasteiger partial charge in [0, 0.05) is 14.5 Å². The van der Waals surface area contributed by atoms with Gasteiger partial charge < -0.3 is 4.42 Å². The van der Waals surface area contributed by atoms with E-state index in [1.165, 1.54) is 6.21 Å². The Morgan fingerprint density at radius 1 is 0.931 bits per heavy atom. The Morgan fingerprint density at radius 3 is 2.48 bits per heavy atom. The van der Waals surface area contributed by atoms with E-state index in [0.717, 1.165) is 36.6 Å². The summed E-state index contributed by atoms with van der Waals surface area (Å²) in [6.07, 6.45) is 1.74. The lowest BCUT2D eigenvalue weighted by Crippen LogP contribution is -2.19. The fourth-order valence-electron chi connectivity index (χ4n) is 3.05. The normalized spacial score (nSPS) is 11.2. The van der Waals surface area contributed by atoms with Crippen LogP contribution in [0.5, 0.6) is 0 Å². The van der Waals surface area contributed by atoms with E-state index in [1.54, 1.807) is 0 Å². The standard InChI is InChI=1S/C23H16Br2N2O2/c24-17-8-5-15(6-9-17)22-12-10-18(29-22)14-26-27-23(28)13-16-7-11-21(25)20-4-2-1-3-19(16)20/h1-12,14H,13H2,(H,27,28)/b26-14-. The molecule has 1 aromatic heterocycles. The third kappa shape index (κ3) is 4.66. The van der Waals surface area contributed by atoms with Crippen LogP contribution >= 0.6 is 31.9 Å². The predicted molar refractivity (Wildman–Crippen MR) is 123 cm³/mol. The Bertz CT molecular complexity index is 1200. The number of hydrogen-bond acceptors (Lipinski definition) is 3. The highest BCUT2D eigenvalue weighted by molar-refractivity contribution is 9.11. The van der Waals surface area contributed by atoms with E-state index < -0.39 is 0 Å². The molecular weight excluding hydrogens is 496 g/mol. The largest absolute Gasteiger partial charge is 0.455 e. The first kappa shape index (κ1) is 19.6. The lowest BCUT2D eigenvalue weighted by molar-refractivity contribution is -0.120. The zero-order chi connectivity index (χ0) is 20.2. The van der Waals surface area contributed by atoms with Crippen LogP contribution in [0.4, 0.5) is 0 Å². The van der Waals surface area contributed by atoms with Crippen molar-refractivity contribution >= 4 is 54.8 Å². The van der Waals surface area contributed by atoms with Crippen LogP contribution in [0.3, 0.4) is 0 Å². The highest BCUT2D eigenvalue weighted by Gasteiger charge is 2.08. The Kier molecular flexibility index (Phi) is 5.92. The highest BCUT2D eigenvalue weighted by Crippen LogP contribution is 2.27. The van der Waals surface area contributed by atoms with Crippen molar-refractivity contribution in [2.75, 3.05) is 0 Å². The maximum atomic E-state index is 12.3. The number of benzene rings is 3. The zero-order valence-corrected chi connectivity index (χ0v) is 18.4. The summed E-state index contributed by atoms with van der Waals surface area (Å²) < 4.78 is 7.78. The van der Waals surface area contributed by atoms with Crippen molar-refractivity contribution in [2.45, 2.75) is 6.42 Å². The fourth-order valence-corrected chi connectivity index (χ4v) is 3.79. The van der Waals surface area contributed by atoms with Crippen molar-refractivity contribution in [1.29, 1.82) is 0 Å². The van der Waals surface area contributed by atoms with Gasteiger partial charge in [-0.2, -0.15) is 5.10 Å². The Balaban J connectivity index is 1.41. The number of hydrogen-bond donors (Lipinski definition) is 1.